The molecule has 0 aliphatic carbocycles. The highest BCUT2D eigenvalue weighted by Crippen LogP contribution is 2.23. The highest BCUT2D eigenvalue weighted by atomic mass is 32.1. The van der Waals surface area contributed by atoms with Crippen LogP contribution in [0.3, 0.4) is 0 Å². The van der Waals surface area contributed by atoms with E-state index < -0.39 is 11.8 Å². The van der Waals surface area contributed by atoms with Gasteiger partial charge in [-0.25, -0.2) is 4.98 Å². The molecule has 2 N–H and O–H groups in total. The summed E-state index contributed by atoms with van der Waals surface area (Å²) < 4.78 is 0. The van der Waals surface area contributed by atoms with Crippen molar-refractivity contribution in [1.29, 1.82) is 0 Å². The van der Waals surface area contributed by atoms with Gasteiger partial charge in [-0.3, -0.25) is 30.2 Å². The van der Waals surface area contributed by atoms with E-state index in [1.165, 1.54) is 11.3 Å². The van der Waals surface area contributed by atoms with Crippen LogP contribution in [0.25, 0.3) is 22.3 Å². The largest absolute Gasteiger partial charge is 0.293 e. The van der Waals surface area contributed by atoms with E-state index in [4.69, 9.17) is 0 Å². The van der Waals surface area contributed by atoms with Crippen LogP contribution in [0.2, 0.25) is 0 Å². The van der Waals surface area contributed by atoms with Crippen molar-refractivity contribution in [2.45, 2.75) is 19.8 Å². The predicted molar refractivity (Wildman–Crippen MR) is 123 cm³/mol. The van der Waals surface area contributed by atoms with Gasteiger partial charge in [-0.05, 0) is 43.3 Å². The number of hydrogen-bond acceptors (Lipinski definition) is 6. The molecule has 0 radical (unpaired) electrons. The summed E-state index contributed by atoms with van der Waals surface area (Å²) in [7, 11) is 0. The molecule has 8 heteroatoms. The molecule has 0 atom stereocenters. The molecule has 2 amide bonds. The van der Waals surface area contributed by atoms with Crippen LogP contribution < -0.4 is 10.9 Å². The molecule has 0 aliphatic rings. The number of hydrazine groups is 1. The van der Waals surface area contributed by atoms with Gasteiger partial charge in [-0.15, -0.1) is 11.3 Å². The van der Waals surface area contributed by atoms with E-state index in [2.05, 4.69) is 20.8 Å². The lowest BCUT2D eigenvalue weighted by Gasteiger charge is -2.11. The summed E-state index contributed by atoms with van der Waals surface area (Å²) in [5.74, 6) is -1.01. The molecule has 3 aromatic heterocycles. The van der Waals surface area contributed by atoms with Crippen molar-refractivity contribution in [2.24, 2.45) is 0 Å². The van der Waals surface area contributed by atoms with Crippen LogP contribution in [0.1, 0.15) is 37.7 Å². The highest BCUT2D eigenvalue weighted by molar-refractivity contribution is 7.14. The average molecular weight is 445 g/mol. The van der Waals surface area contributed by atoms with Gasteiger partial charge in [0, 0.05) is 29.3 Å². The first-order chi connectivity index (χ1) is 15.5. The molecule has 160 valence electrons. The minimum Gasteiger partial charge on any atom is -0.293 e. The zero-order valence-electron chi connectivity index (χ0n) is 17.3. The molecular formula is C24H20N4O3S. The number of carbonyl (C=O) groups excluding carboxylic acids is 3. The minimum absolute atomic E-state index is 0.0215. The second kappa shape index (κ2) is 9.49. The van der Waals surface area contributed by atoms with Crippen molar-refractivity contribution in [2.75, 3.05) is 0 Å². The Labute approximate surface area is 188 Å². The molecule has 7 nitrogen and oxygen atoms in total. The Balaban J connectivity index is 1.45. The Morgan fingerprint density at radius 1 is 0.906 bits per heavy atom. The molecule has 32 heavy (non-hydrogen) atoms. The van der Waals surface area contributed by atoms with Crippen molar-refractivity contribution in [3.8, 4) is 11.4 Å². The minimum atomic E-state index is -0.477. The fraction of sp³-hybridized carbons (Fsp3) is 0.125. The molecule has 0 bridgehead atoms. The van der Waals surface area contributed by atoms with Crippen LogP contribution in [0.15, 0.2) is 66.9 Å². The van der Waals surface area contributed by atoms with Crippen LogP contribution in [-0.4, -0.2) is 27.6 Å². The smallest absolute Gasteiger partial charge is 0.270 e. The van der Waals surface area contributed by atoms with Gasteiger partial charge >= 0.3 is 0 Å². The number of ketones is 1. The quantitative estimate of drug-likeness (QED) is 0.345. The Kier molecular flexibility index (Phi) is 6.32. The van der Waals surface area contributed by atoms with E-state index in [-0.39, 0.29) is 18.6 Å². The number of amides is 2. The standard InChI is InChI=1S/C24H20N4O3S/c1-15-9-11-22(32-15)21(29)10-12-23(30)27-28-24(31)17-14-20(19-8-4-5-13-25-19)26-18-7-3-2-6-16(17)18/h2-9,11,13-14H,10,12H2,1H3,(H,27,30)(H,28,31). The maximum atomic E-state index is 12.9. The molecule has 4 aromatic rings. The lowest BCUT2D eigenvalue weighted by Crippen LogP contribution is -2.41. The Morgan fingerprint density at radius 2 is 1.72 bits per heavy atom. The molecule has 4 rings (SSSR count). The first kappa shape index (κ1) is 21.3. The number of rotatable bonds is 6. The summed E-state index contributed by atoms with van der Waals surface area (Å²) in [4.78, 5) is 47.8. The summed E-state index contributed by atoms with van der Waals surface area (Å²) in [5, 5.41) is 0.655. The van der Waals surface area contributed by atoms with Gasteiger partial charge in [0.2, 0.25) is 5.91 Å². The van der Waals surface area contributed by atoms with Gasteiger partial charge in [0.15, 0.2) is 5.78 Å². The van der Waals surface area contributed by atoms with Crippen molar-refractivity contribution < 1.29 is 14.4 Å². The molecule has 0 unspecified atom stereocenters. The van der Waals surface area contributed by atoms with Crippen molar-refractivity contribution in [1.82, 2.24) is 20.8 Å². The van der Waals surface area contributed by atoms with Crippen LogP contribution in [-0.2, 0) is 4.79 Å². The monoisotopic (exact) mass is 444 g/mol. The summed E-state index contributed by atoms with van der Waals surface area (Å²) in [6.45, 7) is 1.92. The second-order valence-corrected chi connectivity index (χ2v) is 8.41. The number of thiophene rings is 1. The van der Waals surface area contributed by atoms with Crippen LogP contribution in [0.5, 0.6) is 0 Å². The van der Waals surface area contributed by atoms with E-state index in [0.717, 1.165) is 4.88 Å². The number of aromatic nitrogens is 2. The van der Waals surface area contributed by atoms with E-state index in [9.17, 15) is 14.4 Å². The van der Waals surface area contributed by atoms with Crippen molar-refractivity contribution >= 4 is 39.8 Å². The molecule has 0 aliphatic heterocycles. The number of carbonyl (C=O) groups is 3. The number of nitrogens with zero attached hydrogens (tertiary/aromatic N) is 2. The van der Waals surface area contributed by atoms with Gasteiger partial charge in [0.1, 0.15) is 0 Å². The van der Waals surface area contributed by atoms with E-state index >= 15 is 0 Å². The number of Topliss-reactive ketones (excluding diaryl/α,β-unsaturated/α-hetero) is 1. The molecule has 0 saturated heterocycles. The van der Waals surface area contributed by atoms with Crippen LogP contribution in [0.4, 0.5) is 0 Å². The molecule has 0 fully saturated rings. The fourth-order valence-electron chi connectivity index (χ4n) is 3.20. The lowest BCUT2D eigenvalue weighted by atomic mass is 10.1. The number of benzene rings is 1. The maximum Gasteiger partial charge on any atom is 0.270 e. The average Bonchev–Trinajstić information content (AvgIpc) is 3.27. The lowest BCUT2D eigenvalue weighted by molar-refractivity contribution is -0.121. The summed E-state index contributed by atoms with van der Waals surface area (Å²) in [6, 6.07) is 18.0. The Morgan fingerprint density at radius 3 is 2.47 bits per heavy atom. The molecule has 0 saturated carbocycles. The number of hydrogen-bond donors (Lipinski definition) is 2. The number of aryl methyl sites for hydroxylation is 1. The number of para-hydroxylation sites is 1. The van der Waals surface area contributed by atoms with E-state index in [1.54, 1.807) is 30.5 Å². The van der Waals surface area contributed by atoms with Gasteiger partial charge < -0.3 is 0 Å². The molecule has 0 spiro atoms. The first-order valence-electron chi connectivity index (χ1n) is 10.0. The van der Waals surface area contributed by atoms with E-state index in [1.807, 2.05) is 43.3 Å². The third kappa shape index (κ3) is 4.87. The summed E-state index contributed by atoms with van der Waals surface area (Å²) in [6.07, 6.45) is 1.71. The Bertz CT molecular complexity index is 1300. The first-order valence-corrected chi connectivity index (χ1v) is 10.8. The van der Waals surface area contributed by atoms with Crippen molar-refractivity contribution in [3.63, 3.8) is 0 Å². The van der Waals surface area contributed by atoms with Crippen LogP contribution in [0, 0.1) is 6.92 Å². The second-order valence-electron chi connectivity index (χ2n) is 7.12. The number of pyridine rings is 2. The topological polar surface area (TPSA) is 101 Å². The Hall–Kier alpha value is -3.91. The SMILES string of the molecule is Cc1ccc(C(=O)CCC(=O)NNC(=O)c2cc(-c3ccccn3)nc3ccccc23)s1. The maximum absolute atomic E-state index is 12.9. The molecule has 1 aromatic carbocycles. The third-order valence-corrected chi connectivity index (χ3v) is 5.84. The fourth-order valence-corrected chi connectivity index (χ4v) is 4.03. The van der Waals surface area contributed by atoms with Gasteiger partial charge in [-0.1, -0.05) is 24.3 Å². The number of fused-ring (bicyclic) bond motifs is 1. The van der Waals surface area contributed by atoms with Gasteiger partial charge in [-0.2, -0.15) is 0 Å². The summed E-state index contributed by atoms with van der Waals surface area (Å²) in [5.41, 5.74) is 7.03. The van der Waals surface area contributed by atoms with E-state index in [0.29, 0.717) is 32.7 Å². The number of nitrogens with one attached hydrogen (secondary N) is 2. The normalized spacial score (nSPS) is 10.7. The third-order valence-electron chi connectivity index (χ3n) is 4.80. The summed E-state index contributed by atoms with van der Waals surface area (Å²) >= 11 is 1.40. The molecule has 3 heterocycles. The highest BCUT2D eigenvalue weighted by Gasteiger charge is 2.16. The predicted octanol–water partition coefficient (Wildman–Crippen LogP) is 4.09. The zero-order chi connectivity index (χ0) is 22.5. The van der Waals surface area contributed by atoms with Gasteiger partial charge in [0.05, 0.1) is 27.3 Å². The van der Waals surface area contributed by atoms with Crippen molar-refractivity contribution in [3.05, 3.63) is 82.2 Å². The van der Waals surface area contributed by atoms with Crippen LogP contribution >= 0.6 is 11.3 Å². The zero-order valence-corrected chi connectivity index (χ0v) is 18.1. The van der Waals surface area contributed by atoms with Gasteiger partial charge in [0.25, 0.3) is 5.91 Å². The molecular weight excluding hydrogens is 424 g/mol.